The van der Waals surface area contributed by atoms with Crippen LogP contribution in [-0.2, 0) is 34.3 Å². The van der Waals surface area contributed by atoms with E-state index in [0.717, 1.165) is 16.9 Å². The Hall–Kier alpha value is -2.03. The van der Waals surface area contributed by atoms with Gasteiger partial charge in [0.15, 0.2) is 0 Å². The van der Waals surface area contributed by atoms with Gasteiger partial charge < -0.3 is 10.2 Å². The normalized spacial score (nSPS) is 13.1. The summed E-state index contributed by atoms with van der Waals surface area (Å²) in [6.07, 6.45) is -0.157. The third-order valence-electron chi connectivity index (χ3n) is 4.82. The number of thiazole rings is 1. The highest BCUT2D eigenvalue weighted by atomic mass is 32.2. The topological polar surface area (TPSA) is 133 Å². The summed E-state index contributed by atoms with van der Waals surface area (Å²) in [5, 5.41) is 35.6. The van der Waals surface area contributed by atoms with Crippen LogP contribution in [0, 0.1) is 17.1 Å². The zero-order valence-corrected chi connectivity index (χ0v) is 20.7. The Bertz CT molecular complexity index is 1100. The molecule has 0 radical (unpaired) electrons. The van der Waals surface area contributed by atoms with Gasteiger partial charge in [0.25, 0.3) is 5.91 Å². The van der Waals surface area contributed by atoms with Crippen LogP contribution in [0.25, 0.3) is 0 Å². The zero-order valence-electron chi connectivity index (χ0n) is 19.1. The first-order valence-corrected chi connectivity index (χ1v) is 12.2. The standard InChI is InChI=1S/C22H29FN4O3S2/c1-11(2)14-7-13(9-24)19(23)18(12(3)4)15(14)8-17(29)27-32(25)20-16(10-28)26-21(31-20)22(5,6)30/h7,11-12,28,30H,8,10H2,1-6H3,(H2,25,27,29). The van der Waals surface area contributed by atoms with E-state index in [0.29, 0.717) is 20.3 Å². The Balaban J connectivity index is 2.52. The molecule has 10 heteroatoms. The van der Waals surface area contributed by atoms with Gasteiger partial charge >= 0.3 is 0 Å². The summed E-state index contributed by atoms with van der Waals surface area (Å²) in [5.74, 6) is -1.42. The minimum Gasteiger partial charge on any atom is -0.390 e. The monoisotopic (exact) mass is 480 g/mol. The van der Waals surface area contributed by atoms with Crippen LogP contribution in [0.1, 0.15) is 86.3 Å². The lowest BCUT2D eigenvalue weighted by Crippen LogP contribution is -2.14. The van der Waals surface area contributed by atoms with Gasteiger partial charge in [0, 0.05) is 10.9 Å². The van der Waals surface area contributed by atoms with Crippen molar-refractivity contribution in [3.8, 4) is 6.07 Å². The summed E-state index contributed by atoms with van der Waals surface area (Å²) in [7, 11) is -1.39. The van der Waals surface area contributed by atoms with E-state index in [-0.39, 0.29) is 29.5 Å². The van der Waals surface area contributed by atoms with Crippen molar-refractivity contribution in [2.75, 3.05) is 0 Å². The van der Waals surface area contributed by atoms with Crippen molar-refractivity contribution in [2.24, 2.45) is 9.50 Å². The average molecular weight is 481 g/mol. The predicted molar refractivity (Wildman–Crippen MR) is 124 cm³/mol. The molecule has 1 unspecified atom stereocenters. The average Bonchev–Trinajstić information content (AvgIpc) is 3.12. The van der Waals surface area contributed by atoms with Crippen LogP contribution < -0.4 is 5.14 Å². The van der Waals surface area contributed by atoms with Crippen LogP contribution in [0.15, 0.2) is 14.6 Å². The van der Waals surface area contributed by atoms with Crippen LogP contribution in [0.5, 0.6) is 0 Å². The molecule has 7 nitrogen and oxygen atoms in total. The smallest absolute Gasteiger partial charge is 0.257 e. The fourth-order valence-corrected chi connectivity index (χ4v) is 5.55. The van der Waals surface area contributed by atoms with Crippen molar-refractivity contribution in [2.45, 2.75) is 76.2 Å². The van der Waals surface area contributed by atoms with Crippen LogP contribution in [0.3, 0.4) is 0 Å². The molecule has 1 aromatic carbocycles. The van der Waals surface area contributed by atoms with Gasteiger partial charge in [-0.05, 0) is 48.4 Å². The predicted octanol–water partition coefficient (Wildman–Crippen LogP) is 3.92. The number of nitrogens with zero attached hydrogens (tertiary/aromatic N) is 3. The van der Waals surface area contributed by atoms with Gasteiger partial charge in [-0.3, -0.25) is 9.93 Å². The lowest BCUT2D eigenvalue weighted by Gasteiger charge is -2.20. The maximum atomic E-state index is 15.0. The van der Waals surface area contributed by atoms with Gasteiger partial charge in [0.2, 0.25) is 0 Å². The molecular weight excluding hydrogens is 451 g/mol. The van der Waals surface area contributed by atoms with Gasteiger partial charge in [-0.25, -0.2) is 9.37 Å². The molecule has 32 heavy (non-hydrogen) atoms. The van der Waals surface area contributed by atoms with Gasteiger partial charge in [-0.15, -0.1) is 11.3 Å². The molecule has 0 saturated heterocycles. The van der Waals surface area contributed by atoms with E-state index in [4.69, 9.17) is 5.14 Å². The molecule has 174 valence electrons. The number of aromatic nitrogens is 1. The number of benzene rings is 1. The van der Waals surface area contributed by atoms with Gasteiger partial charge in [-0.1, -0.05) is 27.7 Å². The first-order valence-electron chi connectivity index (χ1n) is 10.1. The van der Waals surface area contributed by atoms with E-state index in [1.807, 2.05) is 33.8 Å². The zero-order chi connectivity index (χ0) is 24.4. The number of halogens is 1. The van der Waals surface area contributed by atoms with E-state index in [1.165, 1.54) is 6.07 Å². The minimum absolute atomic E-state index is 0.0315. The Kier molecular flexibility index (Phi) is 8.42. The molecule has 1 amide bonds. The Labute approximate surface area is 194 Å². The van der Waals surface area contributed by atoms with E-state index in [9.17, 15) is 24.7 Å². The first-order chi connectivity index (χ1) is 14.8. The van der Waals surface area contributed by atoms with Crippen molar-refractivity contribution < 1.29 is 19.4 Å². The molecule has 0 bridgehead atoms. The highest BCUT2D eigenvalue weighted by molar-refractivity contribution is 7.87. The Morgan fingerprint density at radius 3 is 2.47 bits per heavy atom. The molecule has 0 spiro atoms. The van der Waals surface area contributed by atoms with E-state index >= 15 is 0 Å². The number of carbonyl (C=O) groups is 1. The summed E-state index contributed by atoms with van der Waals surface area (Å²) in [6, 6.07) is 3.39. The van der Waals surface area contributed by atoms with E-state index in [1.54, 1.807) is 13.8 Å². The minimum atomic E-state index is -1.39. The largest absolute Gasteiger partial charge is 0.390 e. The molecular formula is C22H29FN4O3S2. The number of amides is 1. The Morgan fingerprint density at radius 2 is 2.00 bits per heavy atom. The lowest BCUT2D eigenvalue weighted by molar-refractivity contribution is -0.117. The summed E-state index contributed by atoms with van der Waals surface area (Å²) >= 11 is 1.10. The van der Waals surface area contributed by atoms with Crippen molar-refractivity contribution >= 4 is 28.1 Å². The number of rotatable bonds is 7. The van der Waals surface area contributed by atoms with Crippen molar-refractivity contribution in [3.05, 3.63) is 44.8 Å². The van der Waals surface area contributed by atoms with Crippen molar-refractivity contribution in [1.29, 1.82) is 5.26 Å². The Morgan fingerprint density at radius 1 is 1.38 bits per heavy atom. The molecule has 0 fully saturated rings. The first kappa shape index (κ1) is 26.2. The number of hydrogen-bond acceptors (Lipinski definition) is 6. The number of aliphatic hydroxyl groups is 2. The number of aliphatic hydroxyl groups excluding tert-OH is 1. The molecule has 0 aliphatic heterocycles. The van der Waals surface area contributed by atoms with Gasteiger partial charge in [0.1, 0.15) is 26.7 Å². The van der Waals surface area contributed by atoms with E-state index < -0.39 is 34.8 Å². The molecule has 4 N–H and O–H groups in total. The molecule has 0 aliphatic rings. The van der Waals surface area contributed by atoms with Crippen LogP contribution >= 0.6 is 11.3 Å². The second kappa shape index (κ2) is 10.3. The third kappa shape index (κ3) is 5.66. The van der Waals surface area contributed by atoms with Crippen LogP contribution in [0.4, 0.5) is 4.39 Å². The second-order valence-electron chi connectivity index (χ2n) is 8.59. The number of hydrogen-bond donors (Lipinski definition) is 3. The maximum Gasteiger partial charge on any atom is 0.257 e. The van der Waals surface area contributed by atoms with Crippen molar-refractivity contribution in [3.63, 3.8) is 0 Å². The lowest BCUT2D eigenvalue weighted by atomic mass is 9.85. The summed E-state index contributed by atoms with van der Waals surface area (Å²) in [5.41, 5.74) is 0.599. The molecule has 2 aromatic rings. The SMILES string of the molecule is CC(C)c1cc(C#N)c(F)c(C(C)C)c1CC(=O)N=S(N)c1sc(C(C)(C)O)nc1CO. The second-order valence-corrected chi connectivity index (χ2v) is 11.1. The van der Waals surface area contributed by atoms with Gasteiger partial charge in [0.05, 0.1) is 24.3 Å². The quantitative estimate of drug-likeness (QED) is 0.550. The maximum absolute atomic E-state index is 15.0. The summed E-state index contributed by atoms with van der Waals surface area (Å²) < 4.78 is 19.5. The molecule has 0 saturated carbocycles. The van der Waals surface area contributed by atoms with Crippen LogP contribution in [-0.4, -0.2) is 21.1 Å². The molecule has 2 rings (SSSR count). The molecule has 0 aliphatic carbocycles. The highest BCUT2D eigenvalue weighted by Gasteiger charge is 2.26. The number of nitriles is 1. The molecule has 1 aromatic heterocycles. The van der Waals surface area contributed by atoms with Crippen molar-refractivity contribution in [1.82, 2.24) is 4.98 Å². The fraction of sp³-hybridized carbons (Fsp3) is 0.500. The van der Waals surface area contributed by atoms with E-state index in [2.05, 4.69) is 9.35 Å². The third-order valence-corrected chi connectivity index (χ3v) is 7.80. The van der Waals surface area contributed by atoms with Gasteiger partial charge in [-0.2, -0.15) is 9.62 Å². The number of nitrogens with two attached hydrogens (primary N) is 1. The molecule has 1 heterocycles. The molecule has 1 atom stereocenters. The summed E-state index contributed by atoms with van der Waals surface area (Å²) in [6.45, 7) is 10.2. The summed E-state index contributed by atoms with van der Waals surface area (Å²) in [4.78, 5) is 17.1. The van der Waals surface area contributed by atoms with Crippen LogP contribution in [0.2, 0.25) is 0 Å². The highest BCUT2D eigenvalue weighted by Crippen LogP contribution is 2.33. The number of carbonyl (C=O) groups excluding carboxylic acids is 1. The fourth-order valence-electron chi connectivity index (χ4n) is 3.33.